The molecule has 0 aliphatic carbocycles. The Bertz CT molecular complexity index is 920. The molecule has 0 unspecified atom stereocenters. The number of hydrogen-bond acceptors (Lipinski definition) is 4. The number of benzene rings is 2. The zero-order chi connectivity index (χ0) is 20.9. The second-order valence-corrected chi connectivity index (χ2v) is 9.16. The van der Waals surface area contributed by atoms with Crippen molar-refractivity contribution >= 4 is 15.9 Å². The van der Waals surface area contributed by atoms with Crippen molar-refractivity contribution < 1.29 is 17.6 Å². The zero-order valence-electron chi connectivity index (χ0n) is 16.5. The second kappa shape index (κ2) is 9.47. The molecule has 1 aliphatic heterocycles. The highest BCUT2D eigenvalue weighted by Gasteiger charge is 2.27. The Morgan fingerprint density at radius 1 is 1.00 bits per heavy atom. The fraction of sp³-hybridized carbons (Fsp3) is 0.381. The third kappa shape index (κ3) is 5.62. The number of nitrogens with zero attached hydrogens (tertiary/aromatic N) is 3. The zero-order valence-corrected chi connectivity index (χ0v) is 17.3. The lowest BCUT2D eigenvalue weighted by atomic mass is 10.2. The van der Waals surface area contributed by atoms with Crippen LogP contribution in [0.2, 0.25) is 0 Å². The topological polar surface area (TPSA) is 60.9 Å². The molecule has 0 spiro atoms. The van der Waals surface area contributed by atoms with Crippen LogP contribution in [-0.2, 0) is 21.4 Å². The molecule has 1 saturated heterocycles. The smallest absolute Gasteiger partial charge is 0.243 e. The quantitative estimate of drug-likeness (QED) is 0.720. The molecule has 1 aliphatic rings. The van der Waals surface area contributed by atoms with Crippen LogP contribution in [0.3, 0.4) is 0 Å². The van der Waals surface area contributed by atoms with E-state index in [9.17, 15) is 17.6 Å². The predicted molar refractivity (Wildman–Crippen MR) is 109 cm³/mol. The van der Waals surface area contributed by atoms with E-state index >= 15 is 0 Å². The maximum atomic E-state index is 13.1. The third-order valence-electron chi connectivity index (χ3n) is 5.05. The van der Waals surface area contributed by atoms with Gasteiger partial charge < -0.3 is 4.90 Å². The highest BCUT2D eigenvalue weighted by molar-refractivity contribution is 7.89. The van der Waals surface area contributed by atoms with Crippen LogP contribution in [-0.4, -0.2) is 68.2 Å². The van der Waals surface area contributed by atoms with Crippen molar-refractivity contribution in [3.63, 3.8) is 0 Å². The molecular weight excluding hydrogens is 393 g/mol. The first-order chi connectivity index (χ1) is 13.9. The molecule has 8 heteroatoms. The summed E-state index contributed by atoms with van der Waals surface area (Å²) >= 11 is 0. The SMILES string of the molecule is CN(Cc1ccccc1)C(=O)CN1CCCN(S(=O)(=O)c2ccc(F)cc2)CC1. The van der Waals surface area contributed by atoms with Gasteiger partial charge in [0.25, 0.3) is 0 Å². The van der Waals surface area contributed by atoms with Crippen molar-refractivity contribution in [3.8, 4) is 0 Å². The van der Waals surface area contributed by atoms with Crippen LogP contribution >= 0.6 is 0 Å². The van der Waals surface area contributed by atoms with E-state index in [0.717, 1.165) is 17.7 Å². The molecule has 0 saturated carbocycles. The number of hydrogen-bond donors (Lipinski definition) is 0. The Morgan fingerprint density at radius 3 is 2.38 bits per heavy atom. The van der Waals surface area contributed by atoms with Crippen LogP contribution in [0.5, 0.6) is 0 Å². The number of halogens is 1. The van der Waals surface area contributed by atoms with Gasteiger partial charge in [-0.3, -0.25) is 9.69 Å². The fourth-order valence-electron chi connectivity index (χ4n) is 3.36. The summed E-state index contributed by atoms with van der Waals surface area (Å²) in [7, 11) is -1.89. The Morgan fingerprint density at radius 2 is 1.69 bits per heavy atom. The Hall–Kier alpha value is -2.29. The van der Waals surface area contributed by atoms with E-state index in [1.165, 1.54) is 16.4 Å². The molecule has 0 atom stereocenters. The minimum absolute atomic E-state index is 0.00342. The second-order valence-electron chi connectivity index (χ2n) is 7.22. The van der Waals surface area contributed by atoms with E-state index in [1.54, 1.807) is 11.9 Å². The van der Waals surface area contributed by atoms with Crippen LogP contribution in [0, 0.1) is 5.82 Å². The maximum absolute atomic E-state index is 13.1. The Kier molecular flexibility index (Phi) is 7.00. The van der Waals surface area contributed by atoms with Gasteiger partial charge in [-0.15, -0.1) is 0 Å². The summed E-state index contributed by atoms with van der Waals surface area (Å²) < 4.78 is 40.1. The Labute approximate surface area is 171 Å². The van der Waals surface area contributed by atoms with Gasteiger partial charge >= 0.3 is 0 Å². The molecule has 0 N–H and O–H groups in total. The first-order valence-electron chi connectivity index (χ1n) is 9.62. The van der Waals surface area contributed by atoms with E-state index in [1.807, 2.05) is 35.2 Å². The van der Waals surface area contributed by atoms with Crippen LogP contribution < -0.4 is 0 Å². The van der Waals surface area contributed by atoms with Gasteiger partial charge in [0, 0.05) is 33.2 Å². The molecule has 1 amide bonds. The summed E-state index contributed by atoms with van der Waals surface area (Å²) in [5.41, 5.74) is 1.07. The van der Waals surface area contributed by atoms with Gasteiger partial charge in [-0.05, 0) is 42.8 Å². The average Bonchev–Trinajstić information content (AvgIpc) is 2.95. The lowest BCUT2D eigenvalue weighted by molar-refractivity contribution is -0.131. The van der Waals surface area contributed by atoms with Crippen molar-refractivity contribution in [2.24, 2.45) is 0 Å². The molecule has 0 aromatic heterocycles. The number of carbonyl (C=O) groups excluding carboxylic acids is 1. The van der Waals surface area contributed by atoms with Gasteiger partial charge in [-0.1, -0.05) is 30.3 Å². The van der Waals surface area contributed by atoms with Crippen molar-refractivity contribution in [2.45, 2.75) is 17.9 Å². The molecule has 156 valence electrons. The summed E-state index contributed by atoms with van der Waals surface area (Å²) in [6.07, 6.45) is 0.635. The monoisotopic (exact) mass is 419 g/mol. The van der Waals surface area contributed by atoms with Gasteiger partial charge in [-0.25, -0.2) is 12.8 Å². The maximum Gasteiger partial charge on any atom is 0.243 e. The molecule has 1 fully saturated rings. The van der Waals surface area contributed by atoms with E-state index in [-0.39, 0.29) is 17.3 Å². The minimum Gasteiger partial charge on any atom is -0.340 e. The number of rotatable bonds is 6. The van der Waals surface area contributed by atoms with Gasteiger partial charge in [0.05, 0.1) is 11.4 Å². The summed E-state index contributed by atoms with van der Waals surface area (Å²) in [4.78, 5) is 16.3. The molecule has 0 radical (unpaired) electrons. The van der Waals surface area contributed by atoms with Crippen molar-refractivity contribution in [2.75, 3.05) is 39.8 Å². The normalized spacial score (nSPS) is 16.3. The van der Waals surface area contributed by atoms with Crippen molar-refractivity contribution in [1.82, 2.24) is 14.1 Å². The standard InChI is InChI=1S/C21H26FN3O3S/c1-23(16-18-6-3-2-4-7-18)21(26)17-24-12-5-13-25(15-14-24)29(27,28)20-10-8-19(22)9-11-20/h2-4,6-11H,5,12-17H2,1H3. The summed E-state index contributed by atoms with van der Waals surface area (Å²) in [5.74, 6) is -0.465. The first-order valence-corrected chi connectivity index (χ1v) is 11.1. The number of sulfonamides is 1. The fourth-order valence-corrected chi connectivity index (χ4v) is 4.83. The molecule has 3 rings (SSSR count). The van der Waals surface area contributed by atoms with Gasteiger partial charge in [0.1, 0.15) is 5.82 Å². The van der Waals surface area contributed by atoms with Crippen LogP contribution in [0.15, 0.2) is 59.5 Å². The Balaban J connectivity index is 1.56. The van der Waals surface area contributed by atoms with Gasteiger partial charge in [-0.2, -0.15) is 4.31 Å². The molecule has 6 nitrogen and oxygen atoms in total. The molecule has 29 heavy (non-hydrogen) atoms. The molecule has 1 heterocycles. The third-order valence-corrected chi connectivity index (χ3v) is 6.96. The lowest BCUT2D eigenvalue weighted by Crippen LogP contribution is -2.40. The largest absolute Gasteiger partial charge is 0.340 e. The van der Waals surface area contributed by atoms with E-state index < -0.39 is 15.8 Å². The lowest BCUT2D eigenvalue weighted by Gasteiger charge is -2.24. The van der Waals surface area contributed by atoms with Gasteiger partial charge in [0.2, 0.25) is 15.9 Å². The summed E-state index contributed by atoms with van der Waals surface area (Å²) in [6.45, 7) is 2.61. The van der Waals surface area contributed by atoms with Crippen molar-refractivity contribution in [1.29, 1.82) is 0 Å². The highest BCUT2D eigenvalue weighted by atomic mass is 32.2. The number of likely N-dealkylation sites (N-methyl/N-ethyl adjacent to an activating group) is 1. The van der Waals surface area contributed by atoms with Gasteiger partial charge in [0.15, 0.2) is 0 Å². The van der Waals surface area contributed by atoms with E-state index in [2.05, 4.69) is 0 Å². The number of carbonyl (C=O) groups is 1. The van der Waals surface area contributed by atoms with Crippen molar-refractivity contribution in [3.05, 3.63) is 66.0 Å². The summed E-state index contributed by atoms with van der Waals surface area (Å²) in [6, 6.07) is 14.7. The summed E-state index contributed by atoms with van der Waals surface area (Å²) in [5, 5.41) is 0. The predicted octanol–water partition coefficient (Wildman–Crippen LogP) is 2.18. The van der Waals surface area contributed by atoms with E-state index in [0.29, 0.717) is 39.1 Å². The average molecular weight is 420 g/mol. The highest BCUT2D eigenvalue weighted by Crippen LogP contribution is 2.18. The number of amides is 1. The molecule has 2 aromatic carbocycles. The minimum atomic E-state index is -3.67. The van der Waals surface area contributed by atoms with Crippen LogP contribution in [0.1, 0.15) is 12.0 Å². The molecule has 0 bridgehead atoms. The van der Waals surface area contributed by atoms with E-state index in [4.69, 9.17) is 0 Å². The van der Waals surface area contributed by atoms with Crippen LogP contribution in [0.25, 0.3) is 0 Å². The van der Waals surface area contributed by atoms with Crippen LogP contribution in [0.4, 0.5) is 4.39 Å². The first kappa shape index (κ1) is 21.4. The molecular formula is C21H26FN3O3S. The molecule has 2 aromatic rings.